The Bertz CT molecular complexity index is 741. The second-order valence-electron chi connectivity index (χ2n) is 6.65. The summed E-state index contributed by atoms with van der Waals surface area (Å²) in [6.07, 6.45) is 2.97. The van der Waals surface area contributed by atoms with Crippen molar-refractivity contribution >= 4 is 22.0 Å². The van der Waals surface area contributed by atoms with E-state index in [-0.39, 0.29) is 12.1 Å². The third-order valence-electron chi connectivity index (χ3n) is 3.56. The maximum Gasteiger partial charge on any atom is 0.410 e. The molecule has 0 unspecified atom stereocenters. The first kappa shape index (κ1) is 16.9. The zero-order valence-electron chi connectivity index (χ0n) is 13.8. The minimum atomic E-state index is -0.535. The van der Waals surface area contributed by atoms with Crippen molar-refractivity contribution in [2.45, 2.75) is 45.3 Å². The lowest BCUT2D eigenvalue weighted by atomic mass is 10.2. The number of carbonyl (C=O) groups is 1. The highest BCUT2D eigenvalue weighted by Gasteiger charge is 2.36. The topological polar surface area (TPSA) is 81.4 Å². The molecular weight excluding hydrogens is 376 g/mol. The van der Waals surface area contributed by atoms with Crippen molar-refractivity contribution in [3.63, 3.8) is 0 Å². The zero-order valence-corrected chi connectivity index (χ0v) is 15.4. The molecule has 1 amide bonds. The summed E-state index contributed by atoms with van der Waals surface area (Å²) in [4.78, 5) is 22.7. The molecule has 1 aliphatic rings. The maximum atomic E-state index is 12.4. The number of carbonyl (C=O) groups excluding carboxylic acids is 1. The molecule has 0 radical (unpaired) electrons. The number of hydrogen-bond acceptors (Lipinski definition) is 6. The molecule has 0 aliphatic carbocycles. The average Bonchev–Trinajstić information content (AvgIpc) is 3.14. The largest absolute Gasteiger partial charge is 0.444 e. The number of likely N-dealkylation sites (tertiary alicyclic amines) is 1. The molecule has 8 heteroatoms. The van der Waals surface area contributed by atoms with Crippen LogP contribution in [-0.2, 0) is 4.74 Å². The van der Waals surface area contributed by atoms with Gasteiger partial charge in [0.1, 0.15) is 11.3 Å². The van der Waals surface area contributed by atoms with Crippen LogP contribution >= 0.6 is 15.9 Å². The van der Waals surface area contributed by atoms with Crippen LogP contribution in [0.15, 0.2) is 27.3 Å². The number of halogens is 1. The number of amides is 1. The highest BCUT2D eigenvalue weighted by molar-refractivity contribution is 9.10. The Morgan fingerprint density at radius 3 is 2.96 bits per heavy atom. The van der Waals surface area contributed by atoms with Gasteiger partial charge in [-0.2, -0.15) is 4.98 Å². The van der Waals surface area contributed by atoms with Crippen molar-refractivity contribution in [3.8, 4) is 11.6 Å². The summed E-state index contributed by atoms with van der Waals surface area (Å²) >= 11 is 3.39. The van der Waals surface area contributed by atoms with Gasteiger partial charge in [-0.25, -0.2) is 4.79 Å². The highest BCUT2D eigenvalue weighted by atomic mass is 79.9. The molecule has 2 aromatic rings. The van der Waals surface area contributed by atoms with Crippen molar-refractivity contribution in [2.24, 2.45) is 0 Å². The van der Waals surface area contributed by atoms with E-state index in [1.54, 1.807) is 17.2 Å². The highest BCUT2D eigenvalue weighted by Crippen LogP contribution is 2.32. The zero-order chi connectivity index (χ0) is 17.3. The fourth-order valence-corrected chi connectivity index (χ4v) is 2.91. The molecular formula is C16H19BrN4O3. The molecule has 3 rings (SSSR count). The molecule has 0 spiro atoms. The van der Waals surface area contributed by atoms with E-state index in [1.165, 1.54) is 0 Å². The SMILES string of the molecule is CC(C)(C)OC(=O)N1CCC[C@H]1c1noc(-c2cc(Br)ccn2)n1. The molecule has 0 aromatic carbocycles. The van der Waals surface area contributed by atoms with Crippen molar-refractivity contribution in [2.75, 3.05) is 6.54 Å². The summed E-state index contributed by atoms with van der Waals surface area (Å²) in [5, 5.41) is 4.04. The third kappa shape index (κ3) is 3.75. The predicted molar refractivity (Wildman–Crippen MR) is 90.1 cm³/mol. The van der Waals surface area contributed by atoms with Crippen molar-refractivity contribution in [3.05, 3.63) is 28.6 Å². The predicted octanol–water partition coefficient (Wildman–Crippen LogP) is 3.97. The molecule has 3 heterocycles. The Morgan fingerprint density at radius 2 is 2.25 bits per heavy atom. The van der Waals surface area contributed by atoms with Gasteiger partial charge in [0, 0.05) is 17.2 Å². The minimum Gasteiger partial charge on any atom is -0.444 e. The van der Waals surface area contributed by atoms with Crippen molar-refractivity contribution < 1.29 is 14.1 Å². The van der Waals surface area contributed by atoms with Gasteiger partial charge < -0.3 is 9.26 Å². The first-order chi connectivity index (χ1) is 11.3. The molecule has 7 nitrogen and oxygen atoms in total. The van der Waals surface area contributed by atoms with Gasteiger partial charge in [0.15, 0.2) is 5.82 Å². The van der Waals surface area contributed by atoms with E-state index < -0.39 is 5.60 Å². The molecule has 0 N–H and O–H groups in total. The van der Waals surface area contributed by atoms with Crippen LogP contribution in [0.25, 0.3) is 11.6 Å². The van der Waals surface area contributed by atoms with Gasteiger partial charge in [0.25, 0.3) is 5.89 Å². The van der Waals surface area contributed by atoms with Crippen LogP contribution in [0.3, 0.4) is 0 Å². The molecule has 1 saturated heterocycles. The molecule has 24 heavy (non-hydrogen) atoms. The van der Waals surface area contributed by atoms with Crippen LogP contribution in [0.1, 0.15) is 45.5 Å². The fourth-order valence-electron chi connectivity index (χ4n) is 2.57. The molecule has 0 bridgehead atoms. The summed E-state index contributed by atoms with van der Waals surface area (Å²) in [6.45, 7) is 6.17. The third-order valence-corrected chi connectivity index (χ3v) is 4.05. The van der Waals surface area contributed by atoms with E-state index in [1.807, 2.05) is 26.8 Å². The maximum absolute atomic E-state index is 12.4. The van der Waals surface area contributed by atoms with E-state index in [0.29, 0.717) is 24.0 Å². The normalized spacial score (nSPS) is 18.0. The smallest absolute Gasteiger partial charge is 0.410 e. The van der Waals surface area contributed by atoms with Gasteiger partial charge in [-0.3, -0.25) is 9.88 Å². The van der Waals surface area contributed by atoms with Crippen LogP contribution in [0, 0.1) is 0 Å². The van der Waals surface area contributed by atoms with Crippen LogP contribution < -0.4 is 0 Å². The van der Waals surface area contributed by atoms with Crippen molar-refractivity contribution in [1.82, 2.24) is 20.0 Å². The Morgan fingerprint density at radius 1 is 1.46 bits per heavy atom. The van der Waals surface area contributed by atoms with E-state index in [2.05, 4.69) is 31.1 Å². The second-order valence-corrected chi connectivity index (χ2v) is 7.56. The number of hydrogen-bond donors (Lipinski definition) is 0. The van der Waals surface area contributed by atoms with Gasteiger partial charge in [-0.05, 0) is 45.7 Å². The lowest BCUT2D eigenvalue weighted by molar-refractivity contribution is 0.0217. The summed E-state index contributed by atoms with van der Waals surface area (Å²) in [5.74, 6) is 0.817. The molecule has 1 aliphatic heterocycles. The summed E-state index contributed by atoms with van der Waals surface area (Å²) < 4.78 is 11.7. The van der Waals surface area contributed by atoms with Gasteiger partial charge in [-0.1, -0.05) is 21.1 Å². The van der Waals surface area contributed by atoms with Gasteiger partial charge in [0.2, 0.25) is 0 Å². The number of ether oxygens (including phenoxy) is 1. The molecule has 128 valence electrons. The van der Waals surface area contributed by atoms with Crippen LogP contribution in [0.4, 0.5) is 4.79 Å². The Kier molecular flexibility index (Phi) is 4.58. The quantitative estimate of drug-likeness (QED) is 0.766. The first-order valence-corrected chi connectivity index (χ1v) is 8.58. The van der Waals surface area contributed by atoms with Gasteiger partial charge in [0.05, 0.1) is 6.04 Å². The number of pyridine rings is 1. The Hall–Kier alpha value is -1.96. The lowest BCUT2D eigenvalue weighted by Gasteiger charge is -2.27. The number of aromatic nitrogens is 3. The standard InChI is InChI=1S/C16H19BrN4O3/c1-16(2,3)23-15(22)21-8-4-5-12(21)13-19-14(24-20-13)11-9-10(17)6-7-18-11/h6-7,9,12H,4-5,8H2,1-3H3/t12-/m0/s1. The Balaban J connectivity index is 1.80. The molecule has 1 atom stereocenters. The van der Waals surface area contributed by atoms with E-state index in [4.69, 9.17) is 9.26 Å². The van der Waals surface area contributed by atoms with Crippen molar-refractivity contribution in [1.29, 1.82) is 0 Å². The molecule has 2 aromatic heterocycles. The monoisotopic (exact) mass is 394 g/mol. The first-order valence-electron chi connectivity index (χ1n) is 7.78. The van der Waals surface area contributed by atoms with Gasteiger partial charge >= 0.3 is 6.09 Å². The summed E-state index contributed by atoms with van der Waals surface area (Å²) in [6, 6.07) is 3.39. The average molecular weight is 395 g/mol. The lowest BCUT2D eigenvalue weighted by Crippen LogP contribution is -2.36. The van der Waals surface area contributed by atoms with E-state index >= 15 is 0 Å². The molecule has 1 fully saturated rings. The minimum absolute atomic E-state index is 0.232. The fraction of sp³-hybridized carbons (Fsp3) is 0.500. The van der Waals surface area contributed by atoms with Crippen LogP contribution in [-0.4, -0.2) is 38.3 Å². The Labute approximate surface area is 148 Å². The van der Waals surface area contributed by atoms with Crippen LogP contribution in [0.2, 0.25) is 0 Å². The second kappa shape index (κ2) is 6.51. The van der Waals surface area contributed by atoms with E-state index in [0.717, 1.165) is 17.3 Å². The summed E-state index contributed by atoms with van der Waals surface area (Å²) in [5.41, 5.74) is 0.0531. The van der Waals surface area contributed by atoms with Crippen LogP contribution in [0.5, 0.6) is 0 Å². The van der Waals surface area contributed by atoms with Gasteiger partial charge in [-0.15, -0.1) is 0 Å². The van der Waals surface area contributed by atoms with E-state index in [9.17, 15) is 4.79 Å². The summed E-state index contributed by atoms with van der Waals surface area (Å²) in [7, 11) is 0. The number of rotatable bonds is 2. The number of nitrogens with zero attached hydrogens (tertiary/aromatic N) is 4. The molecule has 0 saturated carbocycles.